The summed E-state index contributed by atoms with van der Waals surface area (Å²) in [6.45, 7) is 2.23. The van der Waals surface area contributed by atoms with Gasteiger partial charge < -0.3 is 0 Å². The van der Waals surface area contributed by atoms with Crippen molar-refractivity contribution in [1.82, 2.24) is 4.67 Å². The van der Waals surface area contributed by atoms with E-state index in [4.69, 9.17) is 0 Å². The minimum atomic E-state index is 0.0809. The van der Waals surface area contributed by atoms with Crippen LogP contribution in [0.2, 0.25) is 0 Å². The Kier molecular flexibility index (Phi) is 4.36. The Morgan fingerprint density at radius 3 is 2.67 bits per heavy atom. The molecule has 48 valence electrons. The predicted molar refractivity (Wildman–Crippen MR) is 41.2 cm³/mol. The molecule has 3 atom stereocenters. The molecular weight excluding hydrogens is 207 g/mol. The molecule has 1 aliphatic rings. The summed E-state index contributed by atoms with van der Waals surface area (Å²) >= 11 is 0.437. The van der Waals surface area contributed by atoms with Crippen molar-refractivity contribution in [2.24, 2.45) is 5.92 Å². The Balaban J connectivity index is 2.30. The van der Waals surface area contributed by atoms with Crippen LogP contribution < -0.4 is 0 Å². The topological polar surface area (TPSA) is 23.5 Å². The number of aliphatic hydroxyl groups excluding tert-OH is 1. The van der Waals surface area contributed by atoms with Crippen molar-refractivity contribution in [2.45, 2.75) is 5.59 Å². The van der Waals surface area contributed by atoms with Crippen LogP contribution >= 0.6 is 9.39 Å². The Bertz CT molecular complexity index is 101. The normalized spacial score (nSPS) is 33.1. The molecule has 1 unspecified atom stereocenters. The molecule has 0 aromatic heterocycles. The summed E-state index contributed by atoms with van der Waals surface area (Å²) in [5.41, 5.74) is 0. The van der Waals surface area contributed by atoms with Crippen LogP contribution in [0.25, 0.3) is 0 Å². The first-order valence-electron chi connectivity index (χ1n) is 3.38. The zero-order valence-corrected chi connectivity index (χ0v) is 11.8. The first-order chi connectivity index (χ1) is 4.20. The quantitative estimate of drug-likeness (QED) is 0.604. The third kappa shape index (κ3) is 2.94. The van der Waals surface area contributed by atoms with E-state index in [1.807, 2.05) is 0 Å². The molecule has 1 heterocycles. The summed E-state index contributed by atoms with van der Waals surface area (Å²) in [6.07, 6.45) is 1.19. The van der Waals surface area contributed by atoms with Crippen LogP contribution in [0, 0.1) is 5.92 Å². The molecule has 0 amide bonds. The minimum absolute atomic E-state index is 0.0809. The Morgan fingerprint density at radius 1 is 1.78 bits per heavy atom. The first kappa shape index (κ1) is 9.24. The Hall–Kier alpha value is 2.16. The van der Waals surface area contributed by atoms with Crippen molar-refractivity contribution in [2.75, 3.05) is 13.1 Å². The molecule has 1 fully saturated rings. The van der Waals surface area contributed by atoms with Crippen LogP contribution in [0.15, 0.2) is 0 Å². The van der Waals surface area contributed by atoms with Crippen LogP contribution in [-0.2, 0) is 0 Å². The number of rotatable bonds is 1. The summed E-state index contributed by atoms with van der Waals surface area (Å²) < 4.78 is 2.29. The molecule has 0 aromatic rings. The molecule has 1 saturated heterocycles. The Labute approximate surface area is 97.3 Å². The summed E-state index contributed by atoms with van der Waals surface area (Å²) in [6, 6.07) is 0. The summed E-state index contributed by atoms with van der Waals surface area (Å²) in [5.74, 6) is 0.596. The second-order valence-electron chi connectivity index (χ2n) is 2.78. The fourth-order valence-corrected chi connectivity index (χ4v) is 2.97. The fourth-order valence-electron chi connectivity index (χ4n) is 1.21. The van der Waals surface area contributed by atoms with E-state index in [-0.39, 0.29) is -0.827 Å². The van der Waals surface area contributed by atoms with Gasteiger partial charge in [0.15, 0.2) is 0 Å². The molecule has 0 aromatic carbocycles. The fraction of sp³-hybridized carbons (Fsp3) is 1.00. The predicted octanol–water partition coefficient (Wildman–Crippen LogP) is -0.415. The molecule has 1 rings (SSSR count). The maximum absolute atomic E-state index is 9.23. The van der Waals surface area contributed by atoms with E-state index in [0.29, 0.717) is 61.5 Å². The van der Waals surface area contributed by atoms with Gasteiger partial charge >= 0.3 is 99.3 Å². The Morgan fingerprint density at radius 2 is 2.44 bits per heavy atom. The van der Waals surface area contributed by atoms with Gasteiger partial charge in [-0.25, -0.2) is 0 Å². The summed E-state index contributed by atoms with van der Waals surface area (Å²) in [7, 11) is 2.69. The van der Waals surface area contributed by atoms with Crippen molar-refractivity contribution in [3.63, 3.8) is 0 Å². The van der Waals surface area contributed by atoms with E-state index in [0.717, 1.165) is 13.1 Å². The molecule has 0 radical (unpaired) electrons. The molecule has 1 aliphatic heterocycles. The van der Waals surface area contributed by atoms with Crippen LogP contribution in [0.4, 0.5) is 0 Å². The van der Waals surface area contributed by atoms with Crippen LogP contribution in [0.5, 0.6) is 0 Å². The van der Waals surface area contributed by atoms with Crippen molar-refractivity contribution < 1.29 is 5.11 Å². The van der Waals surface area contributed by atoms with E-state index in [1.165, 1.54) is 6.42 Å². The molecule has 4 heteroatoms. The van der Waals surface area contributed by atoms with E-state index in [1.54, 1.807) is 0 Å². The zero-order chi connectivity index (χ0) is 6.85. The van der Waals surface area contributed by atoms with Crippen LogP contribution in [0.3, 0.4) is 0 Å². The van der Waals surface area contributed by atoms with Gasteiger partial charge in [0.1, 0.15) is 0 Å². The van der Waals surface area contributed by atoms with Crippen molar-refractivity contribution in [1.29, 1.82) is 0 Å². The SMILES string of the molecule is O[C@@H]([Rb])[C@H]1CCN(P)C1. The van der Waals surface area contributed by atoms with Gasteiger partial charge in [-0.2, -0.15) is 0 Å². The molecule has 9 heavy (non-hydrogen) atoms. The summed E-state index contributed by atoms with van der Waals surface area (Å²) in [4.78, 5) is 0. The van der Waals surface area contributed by atoms with Gasteiger partial charge in [-0.15, -0.1) is 0 Å². The van der Waals surface area contributed by atoms with Gasteiger partial charge in [0, 0.05) is 0 Å². The zero-order valence-electron chi connectivity index (χ0n) is 5.75. The number of hydrogen-bond acceptors (Lipinski definition) is 2. The molecule has 0 saturated carbocycles. The standard InChI is InChI=1S/C5H11NOP.Rb/c7-4-5-1-2-6(8)3-5;/h4-5,7H,1-3,8H2;/t5-;/m0./s1. The van der Waals surface area contributed by atoms with Crippen molar-refractivity contribution >= 4 is 64.9 Å². The second kappa shape index (κ2) is 4.25. The van der Waals surface area contributed by atoms with Crippen molar-refractivity contribution in [3.05, 3.63) is 0 Å². The van der Waals surface area contributed by atoms with Gasteiger partial charge in [0.05, 0.1) is 0 Å². The van der Waals surface area contributed by atoms with Crippen LogP contribution in [0.1, 0.15) is 6.42 Å². The molecule has 0 bridgehead atoms. The van der Waals surface area contributed by atoms with Crippen LogP contribution in [-0.4, -0.2) is 77.6 Å². The van der Waals surface area contributed by atoms with E-state index >= 15 is 0 Å². The van der Waals surface area contributed by atoms with E-state index < -0.39 is 0 Å². The third-order valence-electron chi connectivity index (χ3n) is 1.94. The van der Waals surface area contributed by atoms with E-state index in [9.17, 15) is 5.11 Å². The maximum atomic E-state index is 9.23. The van der Waals surface area contributed by atoms with Gasteiger partial charge in [-0.1, -0.05) is 0 Å². The second-order valence-corrected chi connectivity index (χ2v) is 6.42. The number of aliphatic hydroxyl groups is 1. The molecule has 0 spiro atoms. The average molecular weight is 218 g/mol. The molecule has 2 nitrogen and oxygen atoms in total. The number of hydrogen-bond donors (Lipinski definition) is 1. The van der Waals surface area contributed by atoms with Crippen molar-refractivity contribution in [3.8, 4) is 0 Å². The molecule has 1 N–H and O–H groups in total. The van der Waals surface area contributed by atoms with Gasteiger partial charge in [-0.3, -0.25) is 0 Å². The third-order valence-corrected chi connectivity index (χ3v) is 4.72. The first-order valence-corrected chi connectivity index (χ1v) is 6.73. The van der Waals surface area contributed by atoms with Gasteiger partial charge in [0.2, 0.25) is 0 Å². The van der Waals surface area contributed by atoms with E-state index in [2.05, 4.69) is 14.1 Å². The molecule has 0 aliphatic carbocycles. The number of nitrogens with zero attached hydrogens (tertiary/aromatic N) is 1. The monoisotopic (exact) mass is 217 g/mol. The van der Waals surface area contributed by atoms with Gasteiger partial charge in [-0.05, 0) is 0 Å². The summed E-state index contributed by atoms with van der Waals surface area (Å²) in [5, 5.41) is 9.23. The molecular formula is C5H11NOPRb. The average Bonchev–Trinajstić information content (AvgIpc) is 2.14. The van der Waals surface area contributed by atoms with Gasteiger partial charge in [0.25, 0.3) is 0 Å².